The normalized spacial score (nSPS) is 17.8. The average Bonchev–Trinajstić information content (AvgIpc) is 2.86. The molecular formula is C14H20ClN5O. The van der Waals surface area contributed by atoms with E-state index in [1.807, 2.05) is 0 Å². The molecule has 0 aromatic carbocycles. The van der Waals surface area contributed by atoms with Crippen LogP contribution in [0.3, 0.4) is 0 Å². The first-order chi connectivity index (χ1) is 10.0. The van der Waals surface area contributed by atoms with Gasteiger partial charge in [0.05, 0.1) is 6.20 Å². The highest BCUT2D eigenvalue weighted by Gasteiger charge is 2.21. The van der Waals surface area contributed by atoms with E-state index < -0.39 is 0 Å². The summed E-state index contributed by atoms with van der Waals surface area (Å²) < 4.78 is 7.48. The minimum atomic E-state index is 0.158. The Morgan fingerprint density at radius 3 is 2.67 bits per heavy atom. The predicted octanol–water partition coefficient (Wildman–Crippen LogP) is 2.37. The van der Waals surface area contributed by atoms with Crippen LogP contribution in [0.25, 0.3) is 5.65 Å². The zero-order valence-electron chi connectivity index (χ0n) is 12.6. The Bertz CT molecular complexity index is 634. The number of rotatable bonds is 3. The predicted molar refractivity (Wildman–Crippen MR) is 81.0 cm³/mol. The molecule has 21 heavy (non-hydrogen) atoms. The van der Waals surface area contributed by atoms with Gasteiger partial charge in [0, 0.05) is 18.7 Å². The highest BCUT2D eigenvalue weighted by molar-refractivity contribution is 6.28. The molecule has 3 heterocycles. The number of fused-ring (bicyclic) bond motifs is 1. The smallest absolute Gasteiger partial charge is 0.321 e. The Labute approximate surface area is 129 Å². The van der Waals surface area contributed by atoms with Gasteiger partial charge in [-0.15, -0.1) is 0 Å². The molecule has 0 atom stereocenters. The number of hydrogen-bond donors (Lipinski definition) is 0. The maximum absolute atomic E-state index is 6.18. The van der Waals surface area contributed by atoms with Crippen molar-refractivity contribution in [3.63, 3.8) is 0 Å². The van der Waals surface area contributed by atoms with Crippen LogP contribution < -0.4 is 4.74 Å². The molecule has 114 valence electrons. The van der Waals surface area contributed by atoms with Crippen LogP contribution in [0.5, 0.6) is 6.01 Å². The van der Waals surface area contributed by atoms with Crippen molar-refractivity contribution >= 4 is 17.2 Å². The Morgan fingerprint density at radius 2 is 2.00 bits per heavy atom. The second-order valence-electron chi connectivity index (χ2n) is 5.89. The third kappa shape index (κ3) is 2.96. The summed E-state index contributed by atoms with van der Waals surface area (Å²) in [5.74, 6) is 0.324. The molecular weight excluding hydrogens is 290 g/mol. The van der Waals surface area contributed by atoms with Crippen molar-refractivity contribution in [1.82, 2.24) is 24.5 Å². The molecule has 7 heteroatoms. The number of likely N-dealkylation sites (tertiary alicyclic amines) is 1. The van der Waals surface area contributed by atoms with Crippen LogP contribution in [0.15, 0.2) is 6.20 Å². The van der Waals surface area contributed by atoms with Crippen LogP contribution in [0.4, 0.5) is 0 Å². The van der Waals surface area contributed by atoms with Gasteiger partial charge >= 0.3 is 6.01 Å². The highest BCUT2D eigenvalue weighted by atomic mass is 35.5. The Balaban J connectivity index is 1.87. The Morgan fingerprint density at radius 1 is 1.29 bits per heavy atom. The van der Waals surface area contributed by atoms with Crippen molar-refractivity contribution in [2.75, 3.05) is 20.1 Å². The van der Waals surface area contributed by atoms with E-state index in [1.54, 1.807) is 10.7 Å². The van der Waals surface area contributed by atoms with E-state index in [2.05, 4.69) is 40.9 Å². The summed E-state index contributed by atoms with van der Waals surface area (Å²) in [7, 11) is 2.12. The Hall–Kier alpha value is -1.40. The lowest BCUT2D eigenvalue weighted by Gasteiger charge is -2.28. The van der Waals surface area contributed by atoms with Crippen LogP contribution in [0.1, 0.15) is 38.2 Å². The maximum atomic E-state index is 6.18. The first kappa shape index (κ1) is 14.5. The van der Waals surface area contributed by atoms with Gasteiger partial charge in [-0.3, -0.25) is 0 Å². The number of halogens is 1. The molecule has 2 aromatic heterocycles. The zero-order chi connectivity index (χ0) is 15.0. The first-order valence-corrected chi connectivity index (χ1v) is 7.68. The fourth-order valence-corrected chi connectivity index (χ4v) is 2.75. The van der Waals surface area contributed by atoms with Crippen molar-refractivity contribution in [1.29, 1.82) is 0 Å². The van der Waals surface area contributed by atoms with E-state index in [4.69, 9.17) is 16.3 Å². The average molecular weight is 310 g/mol. The molecule has 0 saturated carbocycles. The van der Waals surface area contributed by atoms with Gasteiger partial charge in [0.2, 0.25) is 5.28 Å². The molecule has 6 nitrogen and oxygen atoms in total. The lowest BCUT2D eigenvalue weighted by Crippen LogP contribution is -2.36. The first-order valence-electron chi connectivity index (χ1n) is 7.31. The standard InChI is InChI=1S/C14H20ClN5O/c1-9(2)11-8-16-20-12(11)17-14(18-13(20)15)21-10-4-6-19(3)7-5-10/h8-10H,4-7H2,1-3H3. The molecule has 0 N–H and O–H groups in total. The molecule has 0 spiro atoms. The van der Waals surface area contributed by atoms with Gasteiger partial charge in [-0.05, 0) is 37.4 Å². The van der Waals surface area contributed by atoms with Gasteiger partial charge in [0.25, 0.3) is 0 Å². The summed E-state index contributed by atoms with van der Waals surface area (Å²) in [6.45, 7) is 6.27. The zero-order valence-corrected chi connectivity index (χ0v) is 13.3. The minimum Gasteiger partial charge on any atom is -0.460 e. The molecule has 2 aromatic rings. The number of nitrogens with zero attached hydrogens (tertiary/aromatic N) is 5. The third-order valence-electron chi connectivity index (χ3n) is 3.90. The molecule has 0 unspecified atom stereocenters. The van der Waals surface area contributed by atoms with Crippen LogP contribution >= 0.6 is 11.6 Å². The molecule has 1 aliphatic heterocycles. The molecule has 3 rings (SSSR count). The molecule has 0 bridgehead atoms. The summed E-state index contributed by atoms with van der Waals surface area (Å²) >= 11 is 6.18. The second-order valence-corrected chi connectivity index (χ2v) is 6.22. The summed E-state index contributed by atoms with van der Waals surface area (Å²) in [5.41, 5.74) is 1.78. The van der Waals surface area contributed by atoms with Crippen LogP contribution in [-0.2, 0) is 0 Å². The quantitative estimate of drug-likeness (QED) is 0.871. The number of aromatic nitrogens is 4. The largest absolute Gasteiger partial charge is 0.460 e. The van der Waals surface area contributed by atoms with Crippen molar-refractivity contribution in [2.45, 2.75) is 38.7 Å². The van der Waals surface area contributed by atoms with Crippen molar-refractivity contribution < 1.29 is 4.74 Å². The second kappa shape index (κ2) is 5.77. The molecule has 0 aliphatic carbocycles. The van der Waals surface area contributed by atoms with Gasteiger partial charge in [0.15, 0.2) is 5.65 Å². The summed E-state index contributed by atoms with van der Waals surface area (Å²) in [6.07, 6.45) is 3.92. The molecule has 1 saturated heterocycles. The Kier molecular flexibility index (Phi) is 3.99. The van der Waals surface area contributed by atoms with Crippen molar-refractivity contribution in [2.24, 2.45) is 0 Å². The van der Waals surface area contributed by atoms with Gasteiger partial charge < -0.3 is 9.64 Å². The summed E-state index contributed by atoms with van der Waals surface area (Å²) in [6, 6.07) is 0.351. The van der Waals surface area contributed by atoms with Crippen molar-refractivity contribution in [3.8, 4) is 6.01 Å². The van der Waals surface area contributed by atoms with E-state index >= 15 is 0 Å². The summed E-state index contributed by atoms with van der Waals surface area (Å²) in [4.78, 5) is 11.0. The highest BCUT2D eigenvalue weighted by Crippen LogP contribution is 2.23. The molecule has 1 fully saturated rings. The number of piperidine rings is 1. The lowest BCUT2D eigenvalue weighted by molar-refractivity contribution is 0.105. The minimum absolute atomic E-state index is 0.158. The number of ether oxygens (including phenoxy) is 1. The maximum Gasteiger partial charge on any atom is 0.321 e. The number of hydrogen-bond acceptors (Lipinski definition) is 5. The fraction of sp³-hybridized carbons (Fsp3) is 0.643. The molecule has 0 radical (unpaired) electrons. The van der Waals surface area contributed by atoms with E-state index in [0.29, 0.717) is 11.9 Å². The van der Waals surface area contributed by atoms with Crippen LogP contribution in [0, 0.1) is 0 Å². The van der Waals surface area contributed by atoms with Gasteiger partial charge in [0.1, 0.15) is 6.10 Å². The van der Waals surface area contributed by atoms with E-state index in [-0.39, 0.29) is 11.4 Å². The van der Waals surface area contributed by atoms with Crippen LogP contribution in [0.2, 0.25) is 5.28 Å². The molecule has 0 amide bonds. The van der Waals surface area contributed by atoms with Crippen LogP contribution in [-0.4, -0.2) is 50.7 Å². The molecule has 1 aliphatic rings. The van der Waals surface area contributed by atoms with E-state index in [0.717, 1.165) is 37.1 Å². The topological polar surface area (TPSA) is 55.6 Å². The third-order valence-corrected chi connectivity index (χ3v) is 4.14. The SMILES string of the molecule is CC(C)c1cnn2c(Cl)nc(OC3CCN(C)CC3)nc12. The lowest BCUT2D eigenvalue weighted by atomic mass is 10.1. The van der Waals surface area contributed by atoms with Gasteiger partial charge in [-0.25, -0.2) is 0 Å². The van der Waals surface area contributed by atoms with Gasteiger partial charge in [-0.2, -0.15) is 19.6 Å². The van der Waals surface area contributed by atoms with E-state index in [9.17, 15) is 0 Å². The van der Waals surface area contributed by atoms with Crippen molar-refractivity contribution in [3.05, 3.63) is 17.0 Å². The van der Waals surface area contributed by atoms with E-state index in [1.165, 1.54) is 0 Å². The van der Waals surface area contributed by atoms with Gasteiger partial charge in [-0.1, -0.05) is 13.8 Å². The fourth-order valence-electron chi connectivity index (χ4n) is 2.56. The monoisotopic (exact) mass is 309 g/mol. The summed E-state index contributed by atoms with van der Waals surface area (Å²) in [5, 5.41) is 4.52.